The van der Waals surface area contributed by atoms with Crippen molar-refractivity contribution < 1.29 is 4.79 Å². The number of nitrogens with one attached hydrogen (secondary N) is 2. The Morgan fingerprint density at radius 3 is 3.06 bits per heavy atom. The van der Waals surface area contributed by atoms with Crippen LogP contribution in [0.25, 0.3) is 0 Å². The van der Waals surface area contributed by atoms with Crippen LogP contribution in [-0.2, 0) is 11.3 Å². The number of hydrogen-bond donors (Lipinski definition) is 2. The molecular weight excluding hydrogens is 202 g/mol. The molecule has 4 heteroatoms. The second-order valence-corrected chi connectivity index (χ2v) is 4.39. The maximum atomic E-state index is 12.1. The van der Waals surface area contributed by atoms with E-state index < -0.39 is 0 Å². The molecule has 0 aromatic carbocycles. The Kier molecular flexibility index (Phi) is 3.62. The van der Waals surface area contributed by atoms with E-state index in [-0.39, 0.29) is 11.9 Å². The predicted octanol–water partition coefficient (Wildman–Crippen LogP) is 1.12. The minimum absolute atomic E-state index is 0.0220. The van der Waals surface area contributed by atoms with Crippen LogP contribution in [0.15, 0.2) is 18.3 Å². The van der Waals surface area contributed by atoms with Crippen molar-refractivity contribution in [3.05, 3.63) is 24.0 Å². The van der Waals surface area contributed by atoms with Gasteiger partial charge in [0, 0.05) is 18.9 Å². The lowest BCUT2D eigenvalue weighted by Crippen LogP contribution is -2.47. The average Bonchev–Trinajstić information content (AvgIpc) is 2.82. The summed E-state index contributed by atoms with van der Waals surface area (Å²) in [5.41, 5.74) is 1.08. The third kappa shape index (κ3) is 2.64. The zero-order chi connectivity index (χ0) is 11.4. The zero-order valence-corrected chi connectivity index (χ0v) is 9.70. The van der Waals surface area contributed by atoms with Crippen LogP contribution in [-0.4, -0.2) is 35.4 Å². The minimum atomic E-state index is 0.0220. The van der Waals surface area contributed by atoms with Crippen LogP contribution in [0.1, 0.15) is 25.0 Å². The van der Waals surface area contributed by atoms with Gasteiger partial charge in [-0.25, -0.2) is 0 Å². The van der Waals surface area contributed by atoms with Gasteiger partial charge < -0.3 is 15.2 Å². The van der Waals surface area contributed by atoms with Gasteiger partial charge in [0.1, 0.15) is 0 Å². The molecule has 1 aliphatic heterocycles. The van der Waals surface area contributed by atoms with Gasteiger partial charge in [0.05, 0.1) is 12.6 Å². The number of nitrogens with zero attached hydrogens (tertiary/aromatic N) is 1. The molecule has 1 atom stereocenters. The Bertz CT molecular complexity index is 328. The largest absolute Gasteiger partial charge is 0.364 e. The molecule has 1 fully saturated rings. The Hall–Kier alpha value is -1.29. The lowest BCUT2D eigenvalue weighted by Gasteiger charge is -2.27. The molecule has 2 rings (SSSR count). The van der Waals surface area contributed by atoms with Crippen LogP contribution >= 0.6 is 0 Å². The van der Waals surface area contributed by atoms with E-state index in [2.05, 4.69) is 10.3 Å². The molecule has 4 nitrogen and oxygen atoms in total. The number of piperidine rings is 1. The SMILES string of the molecule is CN(Cc1ccc[nH]1)C(=O)C1CCCCN1. The number of carbonyl (C=O) groups is 1. The molecule has 1 aliphatic rings. The van der Waals surface area contributed by atoms with Gasteiger partial charge in [-0.2, -0.15) is 0 Å². The van der Waals surface area contributed by atoms with E-state index in [4.69, 9.17) is 0 Å². The highest BCUT2D eigenvalue weighted by atomic mass is 16.2. The van der Waals surface area contributed by atoms with Crippen molar-refractivity contribution >= 4 is 5.91 Å². The van der Waals surface area contributed by atoms with Gasteiger partial charge in [0.15, 0.2) is 0 Å². The second-order valence-electron chi connectivity index (χ2n) is 4.39. The molecule has 0 spiro atoms. The lowest BCUT2D eigenvalue weighted by molar-refractivity contribution is -0.133. The summed E-state index contributed by atoms with van der Waals surface area (Å²) in [7, 11) is 1.86. The van der Waals surface area contributed by atoms with E-state index in [0.29, 0.717) is 6.54 Å². The van der Waals surface area contributed by atoms with Crippen molar-refractivity contribution in [3.8, 4) is 0 Å². The minimum Gasteiger partial charge on any atom is -0.364 e. The number of aromatic amines is 1. The normalized spacial score (nSPS) is 20.7. The van der Waals surface area contributed by atoms with Crippen LogP contribution in [0, 0.1) is 0 Å². The van der Waals surface area contributed by atoms with Crippen LogP contribution in [0.3, 0.4) is 0 Å². The average molecular weight is 221 g/mol. The number of rotatable bonds is 3. The van der Waals surface area contributed by atoms with Gasteiger partial charge in [-0.15, -0.1) is 0 Å². The highest BCUT2D eigenvalue weighted by molar-refractivity contribution is 5.81. The number of amides is 1. The maximum absolute atomic E-state index is 12.1. The van der Waals surface area contributed by atoms with Crippen molar-refractivity contribution in [2.45, 2.75) is 31.8 Å². The van der Waals surface area contributed by atoms with Crippen molar-refractivity contribution in [1.82, 2.24) is 15.2 Å². The van der Waals surface area contributed by atoms with Gasteiger partial charge in [0.2, 0.25) is 5.91 Å². The summed E-state index contributed by atoms with van der Waals surface area (Å²) in [6.45, 7) is 1.62. The van der Waals surface area contributed by atoms with Gasteiger partial charge in [0.25, 0.3) is 0 Å². The van der Waals surface area contributed by atoms with E-state index in [1.54, 1.807) is 4.90 Å². The Morgan fingerprint density at radius 2 is 2.44 bits per heavy atom. The first-order chi connectivity index (χ1) is 7.77. The fourth-order valence-corrected chi connectivity index (χ4v) is 2.13. The predicted molar refractivity (Wildman–Crippen MR) is 62.9 cm³/mol. The van der Waals surface area contributed by atoms with E-state index >= 15 is 0 Å². The molecule has 88 valence electrons. The first kappa shape index (κ1) is 11.2. The van der Waals surface area contributed by atoms with Crippen molar-refractivity contribution in [1.29, 1.82) is 0 Å². The van der Waals surface area contributed by atoms with Gasteiger partial charge in [-0.3, -0.25) is 4.79 Å². The van der Waals surface area contributed by atoms with Crippen molar-refractivity contribution in [3.63, 3.8) is 0 Å². The standard InChI is InChI=1S/C12H19N3O/c1-15(9-10-5-4-8-13-10)12(16)11-6-2-3-7-14-11/h4-5,8,11,13-14H,2-3,6-7,9H2,1H3. The molecule has 1 aromatic rings. The van der Waals surface area contributed by atoms with Gasteiger partial charge >= 0.3 is 0 Å². The summed E-state index contributed by atoms with van der Waals surface area (Å²) in [5, 5.41) is 3.28. The first-order valence-electron chi connectivity index (χ1n) is 5.88. The second kappa shape index (κ2) is 5.16. The van der Waals surface area contributed by atoms with Crippen LogP contribution in [0.2, 0.25) is 0 Å². The highest BCUT2D eigenvalue weighted by Gasteiger charge is 2.23. The van der Waals surface area contributed by atoms with Crippen LogP contribution in [0.4, 0.5) is 0 Å². The zero-order valence-electron chi connectivity index (χ0n) is 9.70. The van der Waals surface area contributed by atoms with Crippen LogP contribution in [0.5, 0.6) is 0 Å². The van der Waals surface area contributed by atoms with E-state index in [9.17, 15) is 4.79 Å². The van der Waals surface area contributed by atoms with Gasteiger partial charge in [-0.1, -0.05) is 6.42 Å². The van der Waals surface area contributed by atoms with E-state index in [1.807, 2.05) is 25.4 Å². The van der Waals surface area contributed by atoms with E-state index in [0.717, 1.165) is 25.1 Å². The molecule has 1 aromatic heterocycles. The molecule has 16 heavy (non-hydrogen) atoms. The number of hydrogen-bond acceptors (Lipinski definition) is 2. The highest BCUT2D eigenvalue weighted by Crippen LogP contribution is 2.10. The quantitative estimate of drug-likeness (QED) is 0.803. The molecule has 0 aliphatic carbocycles. The third-order valence-corrected chi connectivity index (χ3v) is 3.05. The fraction of sp³-hybridized carbons (Fsp3) is 0.583. The summed E-state index contributed by atoms with van der Waals surface area (Å²) >= 11 is 0. The Morgan fingerprint density at radius 1 is 1.56 bits per heavy atom. The number of likely N-dealkylation sites (N-methyl/N-ethyl adjacent to an activating group) is 1. The first-order valence-corrected chi connectivity index (χ1v) is 5.88. The molecule has 2 N–H and O–H groups in total. The Labute approximate surface area is 96.0 Å². The van der Waals surface area contributed by atoms with Gasteiger partial charge in [-0.05, 0) is 31.5 Å². The number of aromatic nitrogens is 1. The molecule has 1 unspecified atom stereocenters. The van der Waals surface area contributed by atoms with E-state index in [1.165, 1.54) is 6.42 Å². The maximum Gasteiger partial charge on any atom is 0.239 e. The topological polar surface area (TPSA) is 48.1 Å². The molecule has 0 bridgehead atoms. The molecule has 1 amide bonds. The monoisotopic (exact) mass is 221 g/mol. The van der Waals surface area contributed by atoms with Crippen molar-refractivity contribution in [2.75, 3.05) is 13.6 Å². The summed E-state index contributed by atoms with van der Waals surface area (Å²) < 4.78 is 0. The molecule has 0 radical (unpaired) electrons. The number of carbonyl (C=O) groups excluding carboxylic acids is 1. The lowest BCUT2D eigenvalue weighted by atomic mass is 10.0. The molecule has 2 heterocycles. The smallest absolute Gasteiger partial charge is 0.239 e. The summed E-state index contributed by atoms with van der Waals surface area (Å²) in [5.74, 6) is 0.203. The molecule has 0 saturated carbocycles. The fourth-order valence-electron chi connectivity index (χ4n) is 2.13. The number of H-pyrrole nitrogens is 1. The summed E-state index contributed by atoms with van der Waals surface area (Å²) in [4.78, 5) is 17.0. The van der Waals surface area contributed by atoms with Crippen molar-refractivity contribution in [2.24, 2.45) is 0 Å². The summed E-state index contributed by atoms with van der Waals surface area (Å²) in [6, 6.07) is 3.97. The molecular formula is C12H19N3O. The third-order valence-electron chi connectivity index (χ3n) is 3.05. The molecule has 1 saturated heterocycles. The van der Waals surface area contributed by atoms with Crippen LogP contribution < -0.4 is 5.32 Å². The Balaban J connectivity index is 1.88. The summed E-state index contributed by atoms with van der Waals surface area (Å²) in [6.07, 6.45) is 5.18.